The molecule has 16 heavy (non-hydrogen) atoms. The first-order valence-corrected chi connectivity index (χ1v) is 5.73. The zero-order valence-corrected chi connectivity index (χ0v) is 9.57. The van der Waals surface area contributed by atoms with Crippen molar-refractivity contribution in [1.82, 2.24) is 9.97 Å². The molecule has 0 atom stereocenters. The number of rotatable bonds is 3. The average Bonchev–Trinajstić information content (AvgIpc) is 2.29. The van der Waals surface area contributed by atoms with Crippen LogP contribution in [0.3, 0.4) is 0 Å². The number of nitrogens with zero attached hydrogens (tertiary/aromatic N) is 2. The predicted molar refractivity (Wildman–Crippen MR) is 63.5 cm³/mol. The number of ether oxygens (including phenoxy) is 1. The van der Waals surface area contributed by atoms with E-state index in [0.717, 1.165) is 5.82 Å². The van der Waals surface area contributed by atoms with Gasteiger partial charge in [-0.25, -0.2) is 0 Å². The van der Waals surface area contributed by atoms with Crippen LogP contribution in [-0.2, 0) is 0 Å². The largest absolute Gasteiger partial charge is 0.481 e. The Bertz CT molecular complexity index is 350. The highest BCUT2D eigenvalue weighted by atomic mass is 16.5. The number of anilines is 2. The molecule has 2 rings (SSSR count). The maximum Gasteiger partial charge on any atom is 0.225 e. The van der Waals surface area contributed by atoms with Gasteiger partial charge in [0.05, 0.1) is 7.11 Å². The molecule has 1 aromatic heterocycles. The molecular weight excluding hydrogens is 204 g/mol. The van der Waals surface area contributed by atoms with Gasteiger partial charge in [0.25, 0.3) is 0 Å². The Balaban J connectivity index is 2.04. The first kappa shape index (κ1) is 11.0. The van der Waals surface area contributed by atoms with Gasteiger partial charge in [0.1, 0.15) is 5.82 Å². The average molecular weight is 222 g/mol. The van der Waals surface area contributed by atoms with Crippen molar-refractivity contribution in [2.45, 2.75) is 38.1 Å². The van der Waals surface area contributed by atoms with Gasteiger partial charge < -0.3 is 15.8 Å². The van der Waals surface area contributed by atoms with Crippen LogP contribution < -0.4 is 15.8 Å². The summed E-state index contributed by atoms with van der Waals surface area (Å²) in [7, 11) is 1.58. The van der Waals surface area contributed by atoms with Crippen molar-refractivity contribution in [2.24, 2.45) is 0 Å². The van der Waals surface area contributed by atoms with Crippen molar-refractivity contribution >= 4 is 11.8 Å². The summed E-state index contributed by atoms with van der Waals surface area (Å²) in [5.41, 5.74) is 5.60. The fourth-order valence-electron chi connectivity index (χ4n) is 2.08. The molecule has 0 saturated heterocycles. The Labute approximate surface area is 95.4 Å². The minimum absolute atomic E-state index is 0.248. The molecule has 1 aliphatic rings. The van der Waals surface area contributed by atoms with Crippen LogP contribution in [0.1, 0.15) is 32.1 Å². The molecule has 0 aromatic carbocycles. The van der Waals surface area contributed by atoms with Crippen molar-refractivity contribution in [3.05, 3.63) is 6.07 Å². The van der Waals surface area contributed by atoms with E-state index in [2.05, 4.69) is 15.3 Å². The van der Waals surface area contributed by atoms with Crippen LogP contribution in [0, 0.1) is 0 Å². The molecule has 88 valence electrons. The molecule has 3 N–H and O–H groups in total. The molecule has 5 nitrogen and oxygen atoms in total. The van der Waals surface area contributed by atoms with Crippen molar-refractivity contribution < 1.29 is 4.74 Å². The number of nitrogen functional groups attached to an aromatic ring is 1. The second-order valence-corrected chi connectivity index (χ2v) is 4.13. The van der Waals surface area contributed by atoms with Crippen molar-refractivity contribution in [1.29, 1.82) is 0 Å². The Morgan fingerprint density at radius 3 is 2.75 bits per heavy atom. The standard InChI is InChI=1S/C11H18N4O/c1-16-10-7-9(14-11(12)15-10)13-8-5-3-2-4-6-8/h7-8H,2-6H2,1H3,(H3,12,13,14,15). The van der Waals surface area contributed by atoms with Crippen LogP contribution in [-0.4, -0.2) is 23.1 Å². The summed E-state index contributed by atoms with van der Waals surface area (Å²) in [4.78, 5) is 8.10. The molecule has 0 aliphatic heterocycles. The van der Waals surface area contributed by atoms with Crippen LogP contribution in [0.5, 0.6) is 5.88 Å². The molecule has 0 radical (unpaired) electrons. The first-order chi connectivity index (χ1) is 7.78. The quantitative estimate of drug-likeness (QED) is 0.816. The number of methoxy groups -OCH3 is 1. The second kappa shape index (κ2) is 5.01. The van der Waals surface area contributed by atoms with Gasteiger partial charge in [0, 0.05) is 12.1 Å². The lowest BCUT2D eigenvalue weighted by atomic mass is 9.95. The van der Waals surface area contributed by atoms with Crippen molar-refractivity contribution in [2.75, 3.05) is 18.2 Å². The van der Waals surface area contributed by atoms with Crippen molar-refractivity contribution in [3.8, 4) is 5.88 Å². The Kier molecular flexibility index (Phi) is 3.44. The summed E-state index contributed by atoms with van der Waals surface area (Å²) in [6, 6.07) is 2.29. The molecule has 1 heterocycles. The third-order valence-electron chi connectivity index (χ3n) is 2.89. The monoisotopic (exact) mass is 222 g/mol. The van der Waals surface area contributed by atoms with Gasteiger partial charge in [-0.2, -0.15) is 9.97 Å². The van der Waals surface area contributed by atoms with E-state index in [1.807, 2.05) is 0 Å². The maximum absolute atomic E-state index is 5.60. The highest BCUT2D eigenvalue weighted by Gasteiger charge is 2.14. The second-order valence-electron chi connectivity index (χ2n) is 4.13. The molecule has 0 spiro atoms. The van der Waals surface area contributed by atoms with Gasteiger partial charge in [-0.05, 0) is 12.8 Å². The Morgan fingerprint density at radius 2 is 2.06 bits per heavy atom. The first-order valence-electron chi connectivity index (χ1n) is 5.73. The summed E-state index contributed by atoms with van der Waals surface area (Å²) in [6.07, 6.45) is 6.32. The lowest BCUT2D eigenvalue weighted by molar-refractivity contribution is 0.397. The summed E-state index contributed by atoms with van der Waals surface area (Å²) in [5.74, 6) is 1.51. The van der Waals surface area contributed by atoms with Gasteiger partial charge in [0.2, 0.25) is 11.8 Å². The fraction of sp³-hybridized carbons (Fsp3) is 0.636. The van der Waals surface area contributed by atoms with Crippen LogP contribution in [0.2, 0.25) is 0 Å². The molecule has 0 bridgehead atoms. The van der Waals surface area contributed by atoms with E-state index in [4.69, 9.17) is 10.5 Å². The molecule has 5 heteroatoms. The highest BCUT2D eigenvalue weighted by molar-refractivity contribution is 5.43. The van der Waals surface area contributed by atoms with E-state index in [0.29, 0.717) is 11.9 Å². The van der Waals surface area contributed by atoms with Crippen molar-refractivity contribution in [3.63, 3.8) is 0 Å². The maximum atomic E-state index is 5.60. The van der Waals surface area contributed by atoms with Crippen LogP contribution in [0.25, 0.3) is 0 Å². The number of hydrogen-bond acceptors (Lipinski definition) is 5. The predicted octanol–water partition coefficient (Wildman–Crippen LogP) is 1.81. The van der Waals surface area contributed by atoms with Gasteiger partial charge in [-0.3, -0.25) is 0 Å². The van der Waals surface area contributed by atoms with Gasteiger partial charge in [-0.15, -0.1) is 0 Å². The van der Waals surface area contributed by atoms with E-state index >= 15 is 0 Å². The minimum atomic E-state index is 0.248. The topological polar surface area (TPSA) is 73.1 Å². The van der Waals surface area contributed by atoms with Crippen LogP contribution in [0.4, 0.5) is 11.8 Å². The molecule has 1 aliphatic carbocycles. The molecule has 0 unspecified atom stereocenters. The zero-order chi connectivity index (χ0) is 11.4. The van der Waals surface area contributed by atoms with Crippen LogP contribution in [0.15, 0.2) is 6.07 Å². The summed E-state index contributed by atoms with van der Waals surface area (Å²) < 4.78 is 5.05. The third-order valence-corrected chi connectivity index (χ3v) is 2.89. The molecule has 1 fully saturated rings. The van der Waals surface area contributed by atoms with E-state index in [-0.39, 0.29) is 5.95 Å². The van der Waals surface area contributed by atoms with E-state index in [9.17, 15) is 0 Å². The number of nitrogens with one attached hydrogen (secondary N) is 1. The fourth-order valence-corrected chi connectivity index (χ4v) is 2.08. The lowest BCUT2D eigenvalue weighted by Crippen LogP contribution is -2.23. The molecular formula is C11H18N4O. The highest BCUT2D eigenvalue weighted by Crippen LogP contribution is 2.22. The Morgan fingerprint density at radius 1 is 1.31 bits per heavy atom. The summed E-state index contributed by atoms with van der Waals surface area (Å²) >= 11 is 0. The van der Waals surface area contributed by atoms with E-state index < -0.39 is 0 Å². The molecule has 1 aromatic rings. The third kappa shape index (κ3) is 2.74. The van der Waals surface area contributed by atoms with E-state index in [1.54, 1.807) is 13.2 Å². The number of aromatic nitrogens is 2. The SMILES string of the molecule is COc1cc(NC2CCCCC2)nc(N)n1. The van der Waals surface area contributed by atoms with E-state index in [1.165, 1.54) is 32.1 Å². The van der Waals surface area contributed by atoms with Gasteiger partial charge in [0.15, 0.2) is 0 Å². The van der Waals surface area contributed by atoms with Gasteiger partial charge in [-0.1, -0.05) is 19.3 Å². The Hall–Kier alpha value is -1.52. The minimum Gasteiger partial charge on any atom is -0.481 e. The zero-order valence-electron chi connectivity index (χ0n) is 9.57. The van der Waals surface area contributed by atoms with Crippen LogP contribution >= 0.6 is 0 Å². The summed E-state index contributed by atoms with van der Waals surface area (Å²) in [6.45, 7) is 0. The lowest BCUT2D eigenvalue weighted by Gasteiger charge is -2.23. The summed E-state index contributed by atoms with van der Waals surface area (Å²) in [5, 5.41) is 3.39. The molecule has 0 amide bonds. The smallest absolute Gasteiger partial charge is 0.225 e. The van der Waals surface area contributed by atoms with Gasteiger partial charge >= 0.3 is 0 Å². The molecule has 1 saturated carbocycles. The normalized spacial score (nSPS) is 17.1. The number of nitrogens with two attached hydrogens (primary N) is 1. The number of hydrogen-bond donors (Lipinski definition) is 2.